The monoisotopic (exact) mass is 292 g/mol. The van der Waals surface area contributed by atoms with Crippen LogP contribution in [-0.2, 0) is 0 Å². The van der Waals surface area contributed by atoms with Crippen molar-refractivity contribution in [2.24, 2.45) is 0 Å². The summed E-state index contributed by atoms with van der Waals surface area (Å²) in [6.45, 7) is 0. The lowest BCUT2D eigenvalue weighted by Crippen LogP contribution is -2.05. The van der Waals surface area contributed by atoms with Crippen LogP contribution in [0, 0.1) is 0 Å². The Morgan fingerprint density at radius 2 is 1.68 bits per heavy atom. The highest BCUT2D eigenvalue weighted by molar-refractivity contribution is 6.07. The van der Waals surface area contributed by atoms with Crippen LogP contribution < -0.4 is 0 Å². The topological polar surface area (TPSA) is 83.3 Å². The first kappa shape index (κ1) is 13.8. The molecule has 0 aliphatic rings. The fourth-order valence-electron chi connectivity index (χ4n) is 2.04. The molecule has 3 rings (SSSR count). The van der Waals surface area contributed by atoms with Gasteiger partial charge in [0.05, 0.1) is 18.1 Å². The van der Waals surface area contributed by atoms with E-state index in [2.05, 4.69) is 9.97 Å². The van der Waals surface area contributed by atoms with Crippen molar-refractivity contribution in [1.82, 2.24) is 9.97 Å². The Hall–Kier alpha value is -3.21. The Morgan fingerprint density at radius 3 is 2.41 bits per heavy atom. The van der Waals surface area contributed by atoms with Gasteiger partial charge in [-0.1, -0.05) is 12.1 Å². The molecule has 108 valence electrons. The third-order valence-corrected chi connectivity index (χ3v) is 3.14. The molecular formula is C17H12N2O3. The van der Waals surface area contributed by atoms with Crippen LogP contribution in [0.2, 0.25) is 0 Å². The van der Waals surface area contributed by atoms with Crippen molar-refractivity contribution >= 4 is 5.78 Å². The summed E-state index contributed by atoms with van der Waals surface area (Å²) in [6, 6.07) is 12.5. The quantitative estimate of drug-likeness (QED) is 0.725. The smallest absolute Gasteiger partial charge is 0.212 e. The zero-order valence-corrected chi connectivity index (χ0v) is 11.5. The molecule has 1 heterocycles. The van der Waals surface area contributed by atoms with Crippen LogP contribution in [0.3, 0.4) is 0 Å². The number of benzene rings is 2. The maximum Gasteiger partial charge on any atom is 0.212 e. The van der Waals surface area contributed by atoms with Crippen LogP contribution in [0.15, 0.2) is 60.9 Å². The van der Waals surface area contributed by atoms with Gasteiger partial charge in [0.2, 0.25) is 5.78 Å². The predicted molar refractivity (Wildman–Crippen MR) is 80.7 cm³/mol. The minimum absolute atomic E-state index is 0.0937. The highest BCUT2D eigenvalue weighted by Gasteiger charge is 2.12. The second kappa shape index (κ2) is 5.65. The summed E-state index contributed by atoms with van der Waals surface area (Å²) in [4.78, 5) is 20.7. The molecule has 0 fully saturated rings. The van der Waals surface area contributed by atoms with E-state index in [1.807, 2.05) is 0 Å². The molecule has 2 N–H and O–H groups in total. The Labute approximate surface area is 126 Å². The number of hydrogen-bond donors (Lipinski definition) is 2. The number of aromatic nitrogens is 2. The van der Waals surface area contributed by atoms with Gasteiger partial charge in [0.15, 0.2) is 0 Å². The molecule has 0 amide bonds. The molecule has 0 bridgehead atoms. The molecule has 3 aromatic rings. The van der Waals surface area contributed by atoms with Gasteiger partial charge in [-0.05, 0) is 36.4 Å². The predicted octanol–water partition coefficient (Wildman–Crippen LogP) is 2.79. The number of carbonyl (C=O) groups excluding carboxylic acids is 1. The molecule has 5 heteroatoms. The third kappa shape index (κ3) is 2.78. The Kier molecular flexibility index (Phi) is 3.53. The van der Waals surface area contributed by atoms with E-state index in [0.717, 1.165) is 0 Å². The molecule has 1 aromatic heterocycles. The molecular weight excluding hydrogens is 280 g/mol. The molecule has 0 aliphatic heterocycles. The first-order chi connectivity index (χ1) is 10.6. The number of aromatic hydroxyl groups is 2. The number of carbonyl (C=O) groups is 1. The van der Waals surface area contributed by atoms with Crippen LogP contribution in [0.1, 0.15) is 16.1 Å². The molecule has 0 radical (unpaired) electrons. The molecule has 0 saturated heterocycles. The average Bonchev–Trinajstić information content (AvgIpc) is 2.55. The second-order valence-corrected chi connectivity index (χ2v) is 4.72. The molecule has 0 atom stereocenters. The van der Waals surface area contributed by atoms with Crippen molar-refractivity contribution in [2.45, 2.75) is 0 Å². The van der Waals surface area contributed by atoms with E-state index >= 15 is 0 Å². The van der Waals surface area contributed by atoms with Crippen LogP contribution in [0.4, 0.5) is 0 Å². The molecule has 0 saturated carbocycles. The van der Waals surface area contributed by atoms with E-state index in [9.17, 15) is 15.0 Å². The summed E-state index contributed by atoms with van der Waals surface area (Å²) >= 11 is 0. The summed E-state index contributed by atoms with van der Waals surface area (Å²) in [7, 11) is 0. The van der Waals surface area contributed by atoms with Gasteiger partial charge in [0, 0.05) is 11.1 Å². The summed E-state index contributed by atoms with van der Waals surface area (Å²) in [5.41, 5.74) is 1.79. The van der Waals surface area contributed by atoms with E-state index in [0.29, 0.717) is 16.8 Å². The van der Waals surface area contributed by atoms with E-state index in [4.69, 9.17) is 0 Å². The van der Waals surface area contributed by atoms with E-state index < -0.39 is 0 Å². The average molecular weight is 292 g/mol. The summed E-state index contributed by atoms with van der Waals surface area (Å²) in [5, 5.41) is 18.8. The number of hydrogen-bond acceptors (Lipinski definition) is 5. The third-order valence-electron chi connectivity index (χ3n) is 3.14. The van der Waals surface area contributed by atoms with Gasteiger partial charge in [-0.3, -0.25) is 9.78 Å². The number of nitrogens with zero attached hydrogens (tertiary/aromatic N) is 2. The molecule has 22 heavy (non-hydrogen) atoms. The van der Waals surface area contributed by atoms with Gasteiger partial charge in [-0.15, -0.1) is 0 Å². The molecule has 5 nitrogen and oxygen atoms in total. The SMILES string of the molecule is O=C(c1ccc(O)cc1)c1cncc(-c2cccc(O)c2)n1. The van der Waals surface area contributed by atoms with Gasteiger partial charge < -0.3 is 10.2 Å². The molecule has 0 aliphatic carbocycles. The van der Waals surface area contributed by atoms with Crippen LogP contribution in [0.5, 0.6) is 11.5 Å². The Bertz CT molecular complexity index is 829. The van der Waals surface area contributed by atoms with Gasteiger partial charge in [0.25, 0.3) is 0 Å². The zero-order valence-electron chi connectivity index (χ0n) is 11.5. The van der Waals surface area contributed by atoms with Crippen molar-refractivity contribution < 1.29 is 15.0 Å². The summed E-state index contributed by atoms with van der Waals surface area (Å²) in [5.74, 6) is -0.0692. The van der Waals surface area contributed by atoms with Crippen LogP contribution >= 0.6 is 0 Å². The minimum atomic E-state index is -0.283. The van der Waals surface area contributed by atoms with Crippen molar-refractivity contribution in [1.29, 1.82) is 0 Å². The highest BCUT2D eigenvalue weighted by Crippen LogP contribution is 2.21. The van der Waals surface area contributed by atoms with E-state index in [1.165, 1.54) is 36.7 Å². The zero-order chi connectivity index (χ0) is 15.5. The van der Waals surface area contributed by atoms with Gasteiger partial charge in [-0.25, -0.2) is 4.98 Å². The lowest BCUT2D eigenvalue weighted by molar-refractivity contribution is 0.103. The van der Waals surface area contributed by atoms with Gasteiger partial charge in [-0.2, -0.15) is 0 Å². The van der Waals surface area contributed by atoms with E-state index in [-0.39, 0.29) is 23.0 Å². The fourth-order valence-corrected chi connectivity index (χ4v) is 2.04. The highest BCUT2D eigenvalue weighted by atomic mass is 16.3. The molecule has 0 spiro atoms. The largest absolute Gasteiger partial charge is 0.508 e. The maximum atomic E-state index is 12.4. The van der Waals surface area contributed by atoms with E-state index in [1.54, 1.807) is 24.3 Å². The van der Waals surface area contributed by atoms with Crippen molar-refractivity contribution in [3.8, 4) is 22.8 Å². The minimum Gasteiger partial charge on any atom is -0.508 e. The lowest BCUT2D eigenvalue weighted by atomic mass is 10.1. The Morgan fingerprint density at radius 1 is 0.909 bits per heavy atom. The second-order valence-electron chi connectivity index (χ2n) is 4.72. The Balaban J connectivity index is 1.97. The number of phenolic OH excluding ortho intramolecular Hbond substituents is 2. The maximum absolute atomic E-state index is 12.4. The first-order valence-corrected chi connectivity index (χ1v) is 6.59. The van der Waals surface area contributed by atoms with Crippen molar-refractivity contribution in [3.63, 3.8) is 0 Å². The van der Waals surface area contributed by atoms with Crippen LogP contribution in [0.25, 0.3) is 11.3 Å². The number of phenols is 2. The molecule has 2 aromatic carbocycles. The van der Waals surface area contributed by atoms with Crippen molar-refractivity contribution in [2.75, 3.05) is 0 Å². The molecule has 0 unspecified atom stereocenters. The van der Waals surface area contributed by atoms with Gasteiger partial charge in [0.1, 0.15) is 17.2 Å². The summed E-state index contributed by atoms with van der Waals surface area (Å²) in [6.07, 6.45) is 2.92. The van der Waals surface area contributed by atoms with Crippen LogP contribution in [-0.4, -0.2) is 26.0 Å². The van der Waals surface area contributed by atoms with Crippen molar-refractivity contribution in [3.05, 3.63) is 72.2 Å². The number of rotatable bonds is 3. The standard InChI is InChI=1S/C17H12N2O3/c20-13-6-4-11(5-7-13)17(22)16-10-18-9-15(19-16)12-2-1-3-14(21)8-12/h1-10,20-21H. The summed E-state index contributed by atoms with van der Waals surface area (Å²) < 4.78 is 0. The number of ketones is 1. The lowest BCUT2D eigenvalue weighted by Gasteiger charge is -2.04. The fraction of sp³-hybridized carbons (Fsp3) is 0. The van der Waals surface area contributed by atoms with Gasteiger partial charge >= 0.3 is 0 Å². The normalized spacial score (nSPS) is 10.4. The first-order valence-electron chi connectivity index (χ1n) is 6.59.